The van der Waals surface area contributed by atoms with Crippen molar-refractivity contribution < 1.29 is 24.2 Å². The molecule has 8 heteroatoms. The van der Waals surface area contributed by atoms with E-state index in [1.165, 1.54) is 12.1 Å². The van der Waals surface area contributed by atoms with Gasteiger partial charge in [-0.15, -0.1) is 0 Å². The number of halogens is 1. The van der Waals surface area contributed by atoms with Gasteiger partial charge in [0.15, 0.2) is 0 Å². The standard InChI is InChI=1S/C11H11BrN2O5/c12-6-1-2-8(7(5-6)10(16)17)19-4-3-9(15)14-11(13)18/h1-2,5H,3-4H2,(H,16,17)(H3,13,14,15,18). The van der Waals surface area contributed by atoms with E-state index in [0.717, 1.165) is 0 Å². The maximum absolute atomic E-state index is 11.1. The Morgan fingerprint density at radius 1 is 1.37 bits per heavy atom. The minimum atomic E-state index is -1.14. The van der Waals surface area contributed by atoms with E-state index in [4.69, 9.17) is 15.6 Å². The summed E-state index contributed by atoms with van der Waals surface area (Å²) in [5.41, 5.74) is 4.74. The van der Waals surface area contributed by atoms with Crippen molar-refractivity contribution in [3.8, 4) is 5.75 Å². The summed E-state index contributed by atoms with van der Waals surface area (Å²) in [6, 6.07) is 3.53. The molecule has 0 atom stereocenters. The summed E-state index contributed by atoms with van der Waals surface area (Å²) in [5, 5.41) is 10.8. The average Bonchev–Trinajstić information content (AvgIpc) is 2.29. The van der Waals surface area contributed by atoms with Crippen LogP contribution in [0.15, 0.2) is 22.7 Å². The van der Waals surface area contributed by atoms with Crippen LogP contribution in [0, 0.1) is 0 Å². The number of imide groups is 1. The first-order valence-electron chi connectivity index (χ1n) is 5.15. The van der Waals surface area contributed by atoms with Gasteiger partial charge in [0.25, 0.3) is 0 Å². The van der Waals surface area contributed by atoms with Gasteiger partial charge in [0.05, 0.1) is 13.0 Å². The van der Waals surface area contributed by atoms with Crippen molar-refractivity contribution in [2.24, 2.45) is 5.73 Å². The number of carbonyl (C=O) groups is 3. The number of amides is 3. The van der Waals surface area contributed by atoms with E-state index in [-0.39, 0.29) is 24.3 Å². The third-order valence-corrected chi connectivity index (χ3v) is 2.51. The van der Waals surface area contributed by atoms with Crippen LogP contribution in [0.2, 0.25) is 0 Å². The number of rotatable bonds is 5. The van der Waals surface area contributed by atoms with E-state index in [0.29, 0.717) is 4.47 Å². The van der Waals surface area contributed by atoms with Crippen molar-refractivity contribution in [3.05, 3.63) is 28.2 Å². The third kappa shape index (κ3) is 4.96. The molecule has 0 spiro atoms. The van der Waals surface area contributed by atoms with Gasteiger partial charge in [-0.2, -0.15) is 0 Å². The highest BCUT2D eigenvalue weighted by Gasteiger charge is 2.12. The molecule has 0 aliphatic carbocycles. The minimum Gasteiger partial charge on any atom is -0.492 e. The van der Waals surface area contributed by atoms with Crippen LogP contribution in [0.1, 0.15) is 16.8 Å². The average molecular weight is 331 g/mol. The van der Waals surface area contributed by atoms with E-state index in [1.807, 2.05) is 5.32 Å². The predicted octanol–water partition coefficient (Wildman–Crippen LogP) is 1.11. The van der Waals surface area contributed by atoms with Gasteiger partial charge in [-0.25, -0.2) is 9.59 Å². The second kappa shape index (κ2) is 6.74. The zero-order valence-corrected chi connectivity index (χ0v) is 11.3. The Labute approximate surface area is 116 Å². The molecule has 0 unspecified atom stereocenters. The van der Waals surface area contributed by atoms with Crippen LogP contribution in [0.3, 0.4) is 0 Å². The van der Waals surface area contributed by atoms with E-state index in [2.05, 4.69) is 15.9 Å². The molecule has 0 bridgehead atoms. The number of ether oxygens (including phenoxy) is 1. The van der Waals surface area contributed by atoms with Crippen molar-refractivity contribution in [3.63, 3.8) is 0 Å². The number of aromatic carboxylic acids is 1. The fourth-order valence-corrected chi connectivity index (χ4v) is 1.61. The lowest BCUT2D eigenvalue weighted by Crippen LogP contribution is -2.35. The highest BCUT2D eigenvalue weighted by molar-refractivity contribution is 9.10. The summed E-state index contributed by atoms with van der Waals surface area (Å²) < 4.78 is 5.79. The summed E-state index contributed by atoms with van der Waals surface area (Å²) in [6.45, 7) is -0.0684. The van der Waals surface area contributed by atoms with Gasteiger partial charge < -0.3 is 15.6 Å². The Bertz CT molecular complexity index is 518. The first kappa shape index (κ1) is 15.0. The maximum atomic E-state index is 11.1. The van der Waals surface area contributed by atoms with Crippen LogP contribution in [0.4, 0.5) is 4.79 Å². The van der Waals surface area contributed by atoms with Gasteiger partial charge >= 0.3 is 12.0 Å². The summed E-state index contributed by atoms with van der Waals surface area (Å²) >= 11 is 3.15. The molecule has 1 aromatic carbocycles. The minimum absolute atomic E-state index is 0.0234. The Morgan fingerprint density at radius 3 is 2.63 bits per heavy atom. The zero-order valence-electron chi connectivity index (χ0n) is 9.68. The van der Waals surface area contributed by atoms with Gasteiger partial charge in [0.1, 0.15) is 11.3 Å². The molecule has 0 saturated heterocycles. The molecule has 1 aromatic rings. The Kier molecular flexibility index (Phi) is 5.31. The lowest BCUT2D eigenvalue weighted by atomic mass is 10.2. The normalized spacial score (nSPS) is 9.74. The number of carbonyl (C=O) groups excluding carboxylic acids is 2. The highest BCUT2D eigenvalue weighted by atomic mass is 79.9. The monoisotopic (exact) mass is 330 g/mol. The Hall–Kier alpha value is -2.09. The molecule has 4 N–H and O–H groups in total. The van der Waals surface area contributed by atoms with Crippen LogP contribution in [-0.4, -0.2) is 29.6 Å². The SMILES string of the molecule is NC(=O)NC(=O)CCOc1ccc(Br)cc1C(=O)O. The highest BCUT2D eigenvalue weighted by Crippen LogP contribution is 2.23. The summed E-state index contributed by atoms with van der Waals surface area (Å²) in [6.07, 6.45) is -0.113. The van der Waals surface area contributed by atoms with Crippen molar-refractivity contribution in [1.29, 1.82) is 0 Å². The Morgan fingerprint density at radius 2 is 2.05 bits per heavy atom. The molecule has 0 aliphatic rings. The predicted molar refractivity (Wildman–Crippen MR) is 68.9 cm³/mol. The van der Waals surface area contributed by atoms with Crippen LogP contribution in [0.25, 0.3) is 0 Å². The van der Waals surface area contributed by atoms with Crippen LogP contribution >= 0.6 is 15.9 Å². The number of nitrogens with two attached hydrogens (primary N) is 1. The van der Waals surface area contributed by atoms with Gasteiger partial charge in [0, 0.05) is 4.47 Å². The fraction of sp³-hybridized carbons (Fsp3) is 0.182. The van der Waals surface area contributed by atoms with E-state index < -0.39 is 17.9 Å². The van der Waals surface area contributed by atoms with E-state index >= 15 is 0 Å². The lowest BCUT2D eigenvalue weighted by molar-refractivity contribution is -0.120. The molecular weight excluding hydrogens is 320 g/mol. The van der Waals surface area contributed by atoms with Crippen molar-refractivity contribution >= 4 is 33.8 Å². The second-order valence-electron chi connectivity index (χ2n) is 3.46. The third-order valence-electron chi connectivity index (χ3n) is 2.02. The largest absolute Gasteiger partial charge is 0.492 e. The molecule has 1 rings (SSSR count). The number of urea groups is 1. The number of hydrogen-bond donors (Lipinski definition) is 3. The van der Waals surface area contributed by atoms with Crippen molar-refractivity contribution in [2.45, 2.75) is 6.42 Å². The number of primary amides is 1. The number of carboxylic acids is 1. The van der Waals surface area contributed by atoms with Gasteiger partial charge in [0.2, 0.25) is 5.91 Å². The first-order chi connectivity index (χ1) is 8.90. The lowest BCUT2D eigenvalue weighted by Gasteiger charge is -2.09. The summed E-state index contributed by atoms with van der Waals surface area (Å²) in [4.78, 5) is 32.5. The van der Waals surface area contributed by atoms with Gasteiger partial charge in [-0.05, 0) is 18.2 Å². The Balaban J connectivity index is 2.61. The molecule has 3 amide bonds. The van der Waals surface area contributed by atoms with Gasteiger partial charge in [-0.1, -0.05) is 15.9 Å². The molecule has 0 aromatic heterocycles. The fourth-order valence-electron chi connectivity index (χ4n) is 1.25. The van der Waals surface area contributed by atoms with Crippen LogP contribution in [-0.2, 0) is 4.79 Å². The summed E-state index contributed by atoms with van der Waals surface area (Å²) in [7, 11) is 0. The number of benzene rings is 1. The molecule has 102 valence electrons. The van der Waals surface area contributed by atoms with Crippen molar-refractivity contribution in [2.75, 3.05) is 6.61 Å². The molecule has 0 heterocycles. The van der Waals surface area contributed by atoms with Crippen LogP contribution < -0.4 is 15.8 Å². The molecule has 7 nitrogen and oxygen atoms in total. The smallest absolute Gasteiger partial charge is 0.339 e. The van der Waals surface area contributed by atoms with E-state index in [1.54, 1.807) is 6.07 Å². The summed E-state index contributed by atoms with van der Waals surface area (Å²) in [5.74, 6) is -1.60. The number of nitrogens with one attached hydrogen (secondary N) is 1. The molecule has 0 aliphatic heterocycles. The van der Waals surface area contributed by atoms with Gasteiger partial charge in [-0.3, -0.25) is 10.1 Å². The molecule has 0 fully saturated rings. The topological polar surface area (TPSA) is 119 Å². The molecular formula is C11H11BrN2O5. The van der Waals surface area contributed by atoms with Crippen molar-refractivity contribution in [1.82, 2.24) is 5.32 Å². The van der Waals surface area contributed by atoms with Crippen LogP contribution in [0.5, 0.6) is 5.75 Å². The number of hydrogen-bond acceptors (Lipinski definition) is 4. The second-order valence-corrected chi connectivity index (χ2v) is 4.37. The zero-order chi connectivity index (χ0) is 14.4. The maximum Gasteiger partial charge on any atom is 0.339 e. The molecule has 0 saturated carbocycles. The molecule has 0 radical (unpaired) electrons. The van der Waals surface area contributed by atoms with E-state index in [9.17, 15) is 14.4 Å². The quantitative estimate of drug-likeness (QED) is 0.747. The molecule has 19 heavy (non-hydrogen) atoms. The number of carboxylic acid groups (broad SMARTS) is 1. The first-order valence-corrected chi connectivity index (χ1v) is 5.94.